The van der Waals surface area contributed by atoms with E-state index in [0.717, 1.165) is 34.4 Å². The Hall–Kier alpha value is -2.02. The van der Waals surface area contributed by atoms with Crippen molar-refractivity contribution >= 4 is 40.6 Å². The Morgan fingerprint density at radius 3 is 2.77 bits per heavy atom. The first kappa shape index (κ1) is 17.4. The number of imidazole rings is 1. The summed E-state index contributed by atoms with van der Waals surface area (Å²) in [4.78, 5) is 4.62. The standard InChI is InChI=1S/C18H15Cl2N5S/c1-2-25-17(14-7-6-12(19)9-15(14)20)22-23-18(25)26-11-13-10-24-8-4-3-5-16(24)21-13/h3-10H,2,11H2,1H3. The minimum atomic E-state index is 0.566. The number of fused-ring (bicyclic) bond motifs is 1. The van der Waals surface area contributed by atoms with Gasteiger partial charge in [-0.15, -0.1) is 10.2 Å². The van der Waals surface area contributed by atoms with E-state index in [2.05, 4.69) is 26.7 Å². The molecular weight excluding hydrogens is 389 g/mol. The van der Waals surface area contributed by atoms with Crippen LogP contribution in [-0.4, -0.2) is 24.1 Å². The molecule has 0 saturated carbocycles. The van der Waals surface area contributed by atoms with Crippen LogP contribution in [-0.2, 0) is 12.3 Å². The summed E-state index contributed by atoms with van der Waals surface area (Å²) in [6.07, 6.45) is 4.03. The summed E-state index contributed by atoms with van der Waals surface area (Å²) in [6.45, 7) is 2.81. The first-order valence-electron chi connectivity index (χ1n) is 8.09. The number of hydrogen-bond acceptors (Lipinski definition) is 4. The summed E-state index contributed by atoms with van der Waals surface area (Å²) in [6, 6.07) is 11.4. The van der Waals surface area contributed by atoms with Crippen molar-refractivity contribution in [3.8, 4) is 11.4 Å². The lowest BCUT2D eigenvalue weighted by molar-refractivity contribution is 0.687. The van der Waals surface area contributed by atoms with E-state index >= 15 is 0 Å². The van der Waals surface area contributed by atoms with Crippen molar-refractivity contribution in [1.82, 2.24) is 24.1 Å². The van der Waals surface area contributed by atoms with Gasteiger partial charge in [-0.3, -0.25) is 0 Å². The third-order valence-electron chi connectivity index (χ3n) is 3.97. The molecule has 132 valence electrons. The minimum Gasteiger partial charge on any atom is -0.307 e. The Balaban J connectivity index is 1.60. The molecule has 3 heterocycles. The fourth-order valence-corrected chi connectivity index (χ4v) is 4.12. The predicted octanol–water partition coefficient (Wildman–Crippen LogP) is 5.21. The largest absolute Gasteiger partial charge is 0.307 e. The van der Waals surface area contributed by atoms with E-state index in [-0.39, 0.29) is 0 Å². The van der Waals surface area contributed by atoms with Crippen molar-refractivity contribution < 1.29 is 0 Å². The maximum absolute atomic E-state index is 6.34. The Morgan fingerprint density at radius 2 is 2.00 bits per heavy atom. The minimum absolute atomic E-state index is 0.566. The number of thioether (sulfide) groups is 1. The Labute approximate surface area is 165 Å². The van der Waals surface area contributed by atoms with Crippen molar-refractivity contribution in [2.45, 2.75) is 24.4 Å². The van der Waals surface area contributed by atoms with Crippen LogP contribution in [0.3, 0.4) is 0 Å². The number of benzene rings is 1. The summed E-state index contributed by atoms with van der Waals surface area (Å²) in [5, 5.41) is 10.7. The number of pyridine rings is 1. The summed E-state index contributed by atoms with van der Waals surface area (Å²) in [5.74, 6) is 1.46. The van der Waals surface area contributed by atoms with Gasteiger partial charge < -0.3 is 8.97 Å². The highest BCUT2D eigenvalue weighted by molar-refractivity contribution is 7.98. The highest BCUT2D eigenvalue weighted by atomic mass is 35.5. The van der Waals surface area contributed by atoms with Crippen LogP contribution in [0, 0.1) is 0 Å². The van der Waals surface area contributed by atoms with Gasteiger partial charge >= 0.3 is 0 Å². The van der Waals surface area contributed by atoms with E-state index in [9.17, 15) is 0 Å². The number of rotatable bonds is 5. The summed E-state index contributed by atoms with van der Waals surface area (Å²) in [5.41, 5.74) is 2.76. The molecule has 1 aromatic carbocycles. The SMILES string of the molecule is CCn1c(SCc2cn3ccccc3n2)nnc1-c1ccc(Cl)cc1Cl. The zero-order chi connectivity index (χ0) is 18.1. The molecule has 26 heavy (non-hydrogen) atoms. The molecule has 0 amide bonds. The molecule has 0 saturated heterocycles. The van der Waals surface area contributed by atoms with E-state index in [0.29, 0.717) is 15.8 Å². The van der Waals surface area contributed by atoms with Crippen LogP contribution in [0.25, 0.3) is 17.0 Å². The highest BCUT2D eigenvalue weighted by Crippen LogP contribution is 2.32. The Morgan fingerprint density at radius 1 is 1.12 bits per heavy atom. The maximum Gasteiger partial charge on any atom is 0.191 e. The second-order valence-corrected chi connectivity index (χ2v) is 7.45. The second kappa shape index (κ2) is 7.31. The van der Waals surface area contributed by atoms with E-state index in [1.165, 1.54) is 0 Å². The topological polar surface area (TPSA) is 48.0 Å². The molecular formula is C18H15Cl2N5S. The van der Waals surface area contributed by atoms with Gasteiger partial charge in [-0.05, 0) is 37.3 Å². The van der Waals surface area contributed by atoms with Crippen LogP contribution < -0.4 is 0 Å². The maximum atomic E-state index is 6.34. The number of aromatic nitrogens is 5. The Kier molecular flexibility index (Phi) is 4.89. The van der Waals surface area contributed by atoms with Gasteiger partial charge in [0, 0.05) is 35.3 Å². The lowest BCUT2D eigenvalue weighted by Gasteiger charge is -2.08. The average Bonchev–Trinajstić information content (AvgIpc) is 3.23. The number of halogens is 2. The number of nitrogens with zero attached hydrogens (tertiary/aromatic N) is 5. The lowest BCUT2D eigenvalue weighted by Crippen LogP contribution is -2.00. The smallest absolute Gasteiger partial charge is 0.191 e. The molecule has 0 spiro atoms. The summed E-state index contributed by atoms with van der Waals surface area (Å²) >= 11 is 13.9. The number of hydrogen-bond donors (Lipinski definition) is 0. The molecule has 0 fully saturated rings. The molecule has 0 aliphatic heterocycles. The van der Waals surface area contributed by atoms with E-state index < -0.39 is 0 Å². The van der Waals surface area contributed by atoms with Crippen LogP contribution in [0.2, 0.25) is 10.0 Å². The molecule has 0 bridgehead atoms. The van der Waals surface area contributed by atoms with Gasteiger partial charge in [0.1, 0.15) is 5.65 Å². The van der Waals surface area contributed by atoms with Gasteiger partial charge in [0.25, 0.3) is 0 Å². The first-order chi connectivity index (χ1) is 12.7. The predicted molar refractivity (Wildman–Crippen MR) is 106 cm³/mol. The molecule has 0 atom stereocenters. The van der Waals surface area contributed by atoms with Crippen molar-refractivity contribution in [3.63, 3.8) is 0 Å². The molecule has 0 N–H and O–H groups in total. The van der Waals surface area contributed by atoms with E-state index in [4.69, 9.17) is 23.2 Å². The van der Waals surface area contributed by atoms with Crippen molar-refractivity contribution in [2.75, 3.05) is 0 Å². The van der Waals surface area contributed by atoms with Gasteiger partial charge in [-0.25, -0.2) is 4.98 Å². The fraction of sp³-hybridized carbons (Fsp3) is 0.167. The summed E-state index contributed by atoms with van der Waals surface area (Å²) in [7, 11) is 0. The zero-order valence-corrected chi connectivity index (χ0v) is 16.3. The average molecular weight is 404 g/mol. The third-order valence-corrected chi connectivity index (χ3v) is 5.52. The highest BCUT2D eigenvalue weighted by Gasteiger charge is 2.16. The quantitative estimate of drug-likeness (QED) is 0.429. The molecule has 4 rings (SSSR count). The van der Waals surface area contributed by atoms with Gasteiger partial charge in [0.15, 0.2) is 11.0 Å². The molecule has 0 aliphatic carbocycles. The van der Waals surface area contributed by atoms with Gasteiger partial charge in [-0.1, -0.05) is 41.0 Å². The van der Waals surface area contributed by atoms with Crippen molar-refractivity contribution in [2.24, 2.45) is 0 Å². The summed E-state index contributed by atoms with van der Waals surface area (Å²) < 4.78 is 4.06. The molecule has 3 aromatic heterocycles. The van der Waals surface area contributed by atoms with Crippen LogP contribution >= 0.6 is 35.0 Å². The zero-order valence-electron chi connectivity index (χ0n) is 13.9. The lowest BCUT2D eigenvalue weighted by atomic mass is 10.2. The molecule has 8 heteroatoms. The fourth-order valence-electron chi connectivity index (χ4n) is 2.75. The van der Waals surface area contributed by atoms with E-state index in [1.807, 2.05) is 41.1 Å². The monoisotopic (exact) mass is 403 g/mol. The first-order valence-corrected chi connectivity index (χ1v) is 9.84. The van der Waals surface area contributed by atoms with Gasteiger partial charge in [0.05, 0.1) is 10.7 Å². The van der Waals surface area contributed by atoms with Crippen molar-refractivity contribution in [3.05, 3.63) is 64.5 Å². The van der Waals surface area contributed by atoms with E-state index in [1.54, 1.807) is 23.9 Å². The van der Waals surface area contributed by atoms with Gasteiger partial charge in [-0.2, -0.15) is 0 Å². The van der Waals surface area contributed by atoms with Crippen LogP contribution in [0.1, 0.15) is 12.6 Å². The van der Waals surface area contributed by atoms with Crippen LogP contribution in [0.5, 0.6) is 0 Å². The molecule has 0 aliphatic rings. The molecule has 0 radical (unpaired) electrons. The normalized spacial score (nSPS) is 11.3. The van der Waals surface area contributed by atoms with Crippen LogP contribution in [0.4, 0.5) is 0 Å². The second-order valence-electron chi connectivity index (χ2n) is 5.66. The molecule has 5 nitrogen and oxygen atoms in total. The Bertz CT molecular complexity index is 1040. The van der Waals surface area contributed by atoms with Crippen LogP contribution in [0.15, 0.2) is 53.9 Å². The third kappa shape index (κ3) is 3.32. The van der Waals surface area contributed by atoms with Crippen molar-refractivity contribution in [1.29, 1.82) is 0 Å². The molecule has 0 unspecified atom stereocenters. The molecule has 4 aromatic rings. The van der Waals surface area contributed by atoms with Gasteiger partial charge in [0.2, 0.25) is 0 Å².